The molecule has 1 fully saturated rings. The number of rotatable bonds is 6. The SMILES string of the molecule is C[C@H](CCc1ccccc1)NC(=O)c1cccc(N2C(=O)N3CCc4c([nH]c5ccccc45)[C@@]3(C)C2=O)c1. The van der Waals surface area contributed by atoms with Gasteiger partial charge in [0.15, 0.2) is 5.54 Å². The predicted octanol–water partition coefficient (Wildman–Crippen LogP) is 5.16. The normalized spacial score (nSPS) is 19.4. The van der Waals surface area contributed by atoms with Gasteiger partial charge in [-0.15, -0.1) is 0 Å². The summed E-state index contributed by atoms with van der Waals surface area (Å²) in [5, 5.41) is 4.13. The van der Waals surface area contributed by atoms with E-state index in [0.717, 1.165) is 35.0 Å². The fraction of sp³-hybridized carbons (Fsp3) is 0.258. The predicted molar refractivity (Wildman–Crippen MR) is 147 cm³/mol. The van der Waals surface area contributed by atoms with Crippen molar-refractivity contribution in [2.45, 2.75) is 44.7 Å². The first-order valence-electron chi connectivity index (χ1n) is 13.1. The molecule has 0 aliphatic carbocycles. The number of benzene rings is 3. The highest BCUT2D eigenvalue weighted by Gasteiger charge is 2.59. The van der Waals surface area contributed by atoms with Gasteiger partial charge in [0, 0.05) is 29.1 Å². The van der Waals surface area contributed by atoms with Gasteiger partial charge in [0.2, 0.25) is 0 Å². The van der Waals surface area contributed by atoms with E-state index in [1.165, 1.54) is 10.5 Å². The monoisotopic (exact) mass is 506 g/mol. The van der Waals surface area contributed by atoms with Crippen LogP contribution in [0.25, 0.3) is 10.9 Å². The number of anilines is 1. The Labute approximate surface area is 221 Å². The number of nitrogens with one attached hydrogen (secondary N) is 2. The zero-order valence-corrected chi connectivity index (χ0v) is 21.5. The molecule has 2 atom stereocenters. The smallest absolute Gasteiger partial charge is 0.332 e. The van der Waals surface area contributed by atoms with Crippen molar-refractivity contribution >= 4 is 34.4 Å². The van der Waals surface area contributed by atoms with Crippen LogP contribution in [-0.2, 0) is 23.2 Å². The highest BCUT2D eigenvalue weighted by atomic mass is 16.2. The molecular formula is C31H30N4O3. The quantitative estimate of drug-likeness (QED) is 0.354. The Bertz CT molecular complexity index is 1560. The number of aromatic nitrogens is 1. The zero-order chi connectivity index (χ0) is 26.4. The van der Waals surface area contributed by atoms with Gasteiger partial charge in [0.1, 0.15) is 0 Å². The Morgan fingerprint density at radius 2 is 1.79 bits per heavy atom. The van der Waals surface area contributed by atoms with Crippen molar-refractivity contribution in [1.82, 2.24) is 15.2 Å². The molecule has 0 unspecified atom stereocenters. The van der Waals surface area contributed by atoms with Gasteiger partial charge in [-0.3, -0.25) is 9.59 Å². The average Bonchev–Trinajstić information content (AvgIpc) is 3.41. The summed E-state index contributed by atoms with van der Waals surface area (Å²) in [5.74, 6) is -0.544. The van der Waals surface area contributed by atoms with Crippen LogP contribution in [0, 0.1) is 0 Å². The van der Waals surface area contributed by atoms with Crippen molar-refractivity contribution < 1.29 is 14.4 Å². The number of carbonyl (C=O) groups excluding carboxylic acids is 3. The van der Waals surface area contributed by atoms with Crippen molar-refractivity contribution in [3.8, 4) is 0 Å². The lowest BCUT2D eigenvalue weighted by Crippen LogP contribution is -2.49. The molecule has 0 spiro atoms. The summed E-state index contributed by atoms with van der Waals surface area (Å²) in [6.07, 6.45) is 2.34. The number of hydrogen-bond acceptors (Lipinski definition) is 3. The van der Waals surface area contributed by atoms with E-state index < -0.39 is 5.54 Å². The Hall–Kier alpha value is -4.39. The van der Waals surface area contributed by atoms with Gasteiger partial charge in [-0.05, 0) is 68.5 Å². The molecular weight excluding hydrogens is 476 g/mol. The number of fused-ring (bicyclic) bond motifs is 5. The summed E-state index contributed by atoms with van der Waals surface area (Å²) in [5.41, 5.74) is 3.72. The minimum atomic E-state index is -1.13. The van der Waals surface area contributed by atoms with E-state index in [2.05, 4.69) is 22.4 Å². The van der Waals surface area contributed by atoms with Gasteiger partial charge < -0.3 is 15.2 Å². The number of aromatic amines is 1. The van der Waals surface area contributed by atoms with Crippen molar-refractivity contribution in [2.24, 2.45) is 0 Å². The molecule has 3 aromatic carbocycles. The number of aryl methyl sites for hydroxylation is 1. The largest absolute Gasteiger partial charge is 0.356 e. The molecule has 192 valence electrons. The van der Waals surface area contributed by atoms with Crippen LogP contribution >= 0.6 is 0 Å². The van der Waals surface area contributed by atoms with E-state index in [1.54, 1.807) is 29.2 Å². The summed E-state index contributed by atoms with van der Waals surface area (Å²) in [7, 11) is 0. The van der Waals surface area contributed by atoms with Gasteiger partial charge >= 0.3 is 6.03 Å². The topological polar surface area (TPSA) is 85.5 Å². The second-order valence-corrected chi connectivity index (χ2v) is 10.4. The molecule has 2 N–H and O–H groups in total. The molecule has 38 heavy (non-hydrogen) atoms. The number of urea groups is 1. The van der Waals surface area contributed by atoms with Crippen LogP contribution in [0.2, 0.25) is 0 Å². The maximum absolute atomic E-state index is 13.9. The van der Waals surface area contributed by atoms with E-state index in [4.69, 9.17) is 0 Å². The number of nitrogens with zero attached hydrogens (tertiary/aromatic N) is 2. The first-order valence-corrected chi connectivity index (χ1v) is 13.1. The molecule has 2 aliphatic rings. The maximum Gasteiger partial charge on any atom is 0.332 e. The molecule has 3 heterocycles. The summed E-state index contributed by atoms with van der Waals surface area (Å²) in [6.45, 7) is 4.24. The maximum atomic E-state index is 13.9. The van der Waals surface area contributed by atoms with E-state index >= 15 is 0 Å². The van der Waals surface area contributed by atoms with E-state index in [9.17, 15) is 14.4 Å². The summed E-state index contributed by atoms with van der Waals surface area (Å²) < 4.78 is 0. The molecule has 2 aliphatic heterocycles. The van der Waals surface area contributed by atoms with Crippen molar-refractivity contribution in [2.75, 3.05) is 11.4 Å². The Balaban J connectivity index is 1.24. The molecule has 0 saturated carbocycles. The van der Waals surface area contributed by atoms with Crippen LogP contribution < -0.4 is 10.2 Å². The van der Waals surface area contributed by atoms with Crippen LogP contribution in [0.15, 0.2) is 78.9 Å². The van der Waals surface area contributed by atoms with Gasteiger partial charge in [0.25, 0.3) is 11.8 Å². The third kappa shape index (κ3) is 3.77. The lowest BCUT2D eigenvalue weighted by Gasteiger charge is -2.35. The molecule has 0 radical (unpaired) electrons. The van der Waals surface area contributed by atoms with Gasteiger partial charge in [-0.2, -0.15) is 0 Å². The summed E-state index contributed by atoms with van der Waals surface area (Å²) in [6, 6.07) is 24.5. The number of para-hydroxylation sites is 1. The van der Waals surface area contributed by atoms with Gasteiger partial charge in [-0.25, -0.2) is 9.69 Å². The van der Waals surface area contributed by atoms with Crippen LogP contribution in [0.5, 0.6) is 0 Å². The average molecular weight is 507 g/mol. The number of H-pyrrole nitrogens is 1. The highest BCUT2D eigenvalue weighted by Crippen LogP contribution is 2.45. The molecule has 4 aromatic rings. The molecule has 1 saturated heterocycles. The standard InChI is InChI=1S/C31H30N4O3/c1-20(15-16-21-9-4-3-5-10-21)32-28(36)22-11-8-12-23(19-22)35-29(37)31(2)27-25(17-18-34(31)30(35)38)24-13-6-7-14-26(24)33-27/h3-14,19-20,33H,15-18H2,1-2H3,(H,32,36)/t20-,31+/m1/s1. The second kappa shape index (κ2) is 9.17. The second-order valence-electron chi connectivity index (χ2n) is 10.4. The minimum Gasteiger partial charge on any atom is -0.356 e. The van der Waals surface area contributed by atoms with E-state index in [-0.39, 0.29) is 23.9 Å². The van der Waals surface area contributed by atoms with E-state index in [0.29, 0.717) is 24.2 Å². The number of amides is 4. The summed E-state index contributed by atoms with van der Waals surface area (Å²) in [4.78, 5) is 46.9. The summed E-state index contributed by atoms with van der Waals surface area (Å²) >= 11 is 0. The van der Waals surface area contributed by atoms with Crippen molar-refractivity contribution in [3.05, 3.63) is 101 Å². The van der Waals surface area contributed by atoms with Gasteiger partial charge in [-0.1, -0.05) is 54.6 Å². The molecule has 0 bridgehead atoms. The molecule has 6 rings (SSSR count). The Morgan fingerprint density at radius 3 is 2.61 bits per heavy atom. The minimum absolute atomic E-state index is 0.0327. The fourth-order valence-corrected chi connectivity index (χ4v) is 5.81. The molecule has 7 nitrogen and oxygen atoms in total. The van der Waals surface area contributed by atoms with Crippen LogP contribution in [0.4, 0.5) is 10.5 Å². The van der Waals surface area contributed by atoms with Crippen molar-refractivity contribution in [1.29, 1.82) is 0 Å². The first-order chi connectivity index (χ1) is 18.4. The van der Waals surface area contributed by atoms with Gasteiger partial charge in [0.05, 0.1) is 11.4 Å². The van der Waals surface area contributed by atoms with E-state index in [1.807, 2.05) is 56.3 Å². The molecule has 7 heteroatoms. The number of hydrogen-bond donors (Lipinski definition) is 2. The Kier molecular flexibility index (Phi) is 5.79. The number of carbonyl (C=O) groups is 3. The third-order valence-electron chi connectivity index (χ3n) is 7.92. The Morgan fingerprint density at radius 1 is 1.03 bits per heavy atom. The first kappa shape index (κ1) is 24.0. The fourth-order valence-electron chi connectivity index (χ4n) is 5.81. The zero-order valence-electron chi connectivity index (χ0n) is 21.5. The van der Waals surface area contributed by atoms with Crippen LogP contribution in [0.1, 0.15) is 47.4 Å². The lowest BCUT2D eigenvalue weighted by atomic mass is 9.87. The van der Waals surface area contributed by atoms with Crippen molar-refractivity contribution in [3.63, 3.8) is 0 Å². The molecule has 4 amide bonds. The third-order valence-corrected chi connectivity index (χ3v) is 7.92. The van der Waals surface area contributed by atoms with Crippen LogP contribution in [-0.4, -0.2) is 40.3 Å². The molecule has 1 aromatic heterocycles. The highest BCUT2D eigenvalue weighted by molar-refractivity contribution is 6.24. The lowest BCUT2D eigenvalue weighted by molar-refractivity contribution is -0.125. The van der Waals surface area contributed by atoms with Crippen LogP contribution in [0.3, 0.4) is 0 Å². The number of imide groups is 1.